The average Bonchev–Trinajstić information content (AvgIpc) is 2.46. The van der Waals surface area contributed by atoms with E-state index in [9.17, 15) is 18.0 Å². The molecule has 0 heterocycles. The van der Waals surface area contributed by atoms with Gasteiger partial charge in [0, 0.05) is 29.8 Å². The Morgan fingerprint density at radius 2 is 1.70 bits per heavy atom. The number of hydrogen-bond donors (Lipinski definition) is 1. The third kappa shape index (κ3) is 4.25. The highest BCUT2D eigenvalue weighted by atomic mass is 79.9. The molecule has 2 aromatic rings. The fourth-order valence-electron chi connectivity index (χ4n) is 1.95. The lowest BCUT2D eigenvalue weighted by Gasteiger charge is -2.18. The van der Waals surface area contributed by atoms with Crippen molar-refractivity contribution in [3.05, 3.63) is 58.1 Å². The van der Waals surface area contributed by atoms with Gasteiger partial charge in [0.1, 0.15) is 0 Å². The van der Waals surface area contributed by atoms with Gasteiger partial charge in [0.25, 0.3) is 5.91 Å². The van der Waals surface area contributed by atoms with Crippen molar-refractivity contribution in [1.29, 1.82) is 0 Å². The molecule has 0 spiro atoms. The van der Waals surface area contributed by atoms with Gasteiger partial charge in [0.05, 0.1) is 11.3 Å². The van der Waals surface area contributed by atoms with Gasteiger partial charge in [0.2, 0.25) is 0 Å². The van der Waals surface area contributed by atoms with E-state index in [-0.39, 0.29) is 11.3 Å². The zero-order valence-corrected chi connectivity index (χ0v) is 14.0. The number of hydrogen-bond acceptors (Lipinski definition) is 2. The number of halogens is 4. The van der Waals surface area contributed by atoms with E-state index in [1.165, 1.54) is 24.3 Å². The number of carbonyl (C=O) groups is 1. The lowest BCUT2D eigenvalue weighted by atomic mass is 10.1. The van der Waals surface area contributed by atoms with E-state index < -0.39 is 17.6 Å². The van der Waals surface area contributed by atoms with Crippen molar-refractivity contribution in [2.45, 2.75) is 6.18 Å². The molecule has 0 aliphatic heterocycles. The minimum atomic E-state index is -4.56. The molecule has 0 atom stereocenters. The Balaban J connectivity index is 2.35. The van der Waals surface area contributed by atoms with Crippen molar-refractivity contribution < 1.29 is 18.0 Å². The smallest absolute Gasteiger partial charge is 0.378 e. The summed E-state index contributed by atoms with van der Waals surface area (Å²) in [4.78, 5) is 13.7. The molecule has 1 amide bonds. The molecule has 7 heteroatoms. The predicted octanol–water partition coefficient (Wildman–Crippen LogP) is 4.79. The third-order valence-electron chi connectivity index (χ3n) is 3.18. The van der Waals surface area contributed by atoms with Gasteiger partial charge in [-0.1, -0.05) is 15.9 Å². The summed E-state index contributed by atoms with van der Waals surface area (Å²) in [7, 11) is 3.30. The summed E-state index contributed by atoms with van der Waals surface area (Å²) in [6.07, 6.45) is -4.56. The first-order valence-electron chi connectivity index (χ1n) is 6.64. The maximum absolute atomic E-state index is 13.2. The van der Waals surface area contributed by atoms with Crippen LogP contribution in [0, 0.1) is 0 Å². The van der Waals surface area contributed by atoms with Gasteiger partial charge in [-0.25, -0.2) is 0 Å². The normalized spacial score (nSPS) is 11.2. The van der Waals surface area contributed by atoms with Crippen LogP contribution in [0.2, 0.25) is 0 Å². The number of nitrogens with zero attached hydrogens (tertiary/aromatic N) is 1. The highest BCUT2D eigenvalue weighted by molar-refractivity contribution is 9.10. The molecular formula is C16H14BrF3N2O. The van der Waals surface area contributed by atoms with Crippen LogP contribution in [-0.4, -0.2) is 20.0 Å². The van der Waals surface area contributed by atoms with Crippen LogP contribution in [-0.2, 0) is 6.18 Å². The van der Waals surface area contributed by atoms with E-state index in [0.29, 0.717) is 5.69 Å². The Hall–Kier alpha value is -2.02. The summed E-state index contributed by atoms with van der Waals surface area (Å²) in [5.74, 6) is -0.597. The zero-order valence-electron chi connectivity index (χ0n) is 12.4. The molecule has 23 heavy (non-hydrogen) atoms. The minimum Gasteiger partial charge on any atom is -0.378 e. The van der Waals surface area contributed by atoms with Gasteiger partial charge in [-0.2, -0.15) is 13.2 Å². The molecule has 2 aromatic carbocycles. The van der Waals surface area contributed by atoms with Crippen LogP contribution >= 0.6 is 15.9 Å². The average molecular weight is 387 g/mol. The first kappa shape index (κ1) is 17.3. The molecule has 1 N–H and O–H groups in total. The summed E-state index contributed by atoms with van der Waals surface area (Å²) in [6.45, 7) is 0. The van der Waals surface area contributed by atoms with Gasteiger partial charge in [-0.15, -0.1) is 0 Å². The van der Waals surface area contributed by atoms with Gasteiger partial charge < -0.3 is 10.2 Å². The topological polar surface area (TPSA) is 32.3 Å². The van der Waals surface area contributed by atoms with E-state index in [4.69, 9.17) is 0 Å². The lowest BCUT2D eigenvalue weighted by molar-refractivity contribution is -0.136. The molecule has 0 aliphatic rings. The molecule has 0 saturated carbocycles. The molecule has 0 bridgehead atoms. The Kier molecular flexibility index (Phi) is 4.99. The number of rotatable bonds is 3. The fraction of sp³-hybridized carbons (Fsp3) is 0.188. The Labute approximate surface area is 140 Å². The summed E-state index contributed by atoms with van der Waals surface area (Å²) >= 11 is 3.24. The molecular weight excluding hydrogens is 373 g/mol. The fourth-order valence-corrected chi connectivity index (χ4v) is 2.21. The summed E-state index contributed by atoms with van der Waals surface area (Å²) < 4.78 is 40.4. The first-order valence-corrected chi connectivity index (χ1v) is 7.43. The Morgan fingerprint density at radius 3 is 2.22 bits per heavy atom. The van der Waals surface area contributed by atoms with Crippen LogP contribution in [0.25, 0.3) is 0 Å². The number of carbonyl (C=O) groups excluding carboxylic acids is 1. The van der Waals surface area contributed by atoms with E-state index in [1.54, 1.807) is 31.1 Å². The highest BCUT2D eigenvalue weighted by Gasteiger charge is 2.34. The lowest BCUT2D eigenvalue weighted by Crippen LogP contribution is -2.18. The quantitative estimate of drug-likeness (QED) is 0.822. The highest BCUT2D eigenvalue weighted by Crippen LogP contribution is 2.37. The van der Waals surface area contributed by atoms with Gasteiger partial charge >= 0.3 is 6.18 Å². The van der Waals surface area contributed by atoms with E-state index in [0.717, 1.165) is 10.5 Å². The maximum Gasteiger partial charge on any atom is 0.418 e. The monoisotopic (exact) mass is 386 g/mol. The standard InChI is InChI=1S/C16H14BrF3N2O/c1-22(2)12-7-8-14(13(9-12)16(18,19)20)21-15(23)10-3-5-11(17)6-4-10/h3-9H,1-2H3,(H,21,23). The van der Waals surface area contributed by atoms with Crippen LogP contribution in [0.5, 0.6) is 0 Å². The Bertz CT molecular complexity index is 712. The van der Waals surface area contributed by atoms with Crippen molar-refractivity contribution in [1.82, 2.24) is 0 Å². The predicted molar refractivity (Wildman–Crippen MR) is 87.9 cm³/mol. The first-order chi connectivity index (χ1) is 10.7. The van der Waals surface area contributed by atoms with Crippen molar-refractivity contribution in [3.8, 4) is 0 Å². The van der Waals surface area contributed by atoms with Crippen LogP contribution in [0.1, 0.15) is 15.9 Å². The largest absolute Gasteiger partial charge is 0.418 e. The second kappa shape index (κ2) is 6.62. The number of nitrogens with one attached hydrogen (secondary N) is 1. The number of alkyl halides is 3. The number of amides is 1. The zero-order chi connectivity index (χ0) is 17.2. The maximum atomic E-state index is 13.2. The van der Waals surface area contributed by atoms with Gasteiger partial charge in [-0.05, 0) is 42.5 Å². The molecule has 0 radical (unpaired) electrons. The molecule has 0 fully saturated rings. The van der Waals surface area contributed by atoms with Crippen LogP contribution in [0.3, 0.4) is 0 Å². The summed E-state index contributed by atoms with van der Waals surface area (Å²) in [5, 5.41) is 2.33. The van der Waals surface area contributed by atoms with E-state index in [1.807, 2.05) is 0 Å². The van der Waals surface area contributed by atoms with E-state index >= 15 is 0 Å². The minimum absolute atomic E-state index is 0.268. The second-order valence-electron chi connectivity index (χ2n) is 5.08. The molecule has 0 aliphatic carbocycles. The number of anilines is 2. The van der Waals surface area contributed by atoms with Crippen molar-refractivity contribution >= 4 is 33.2 Å². The molecule has 0 saturated heterocycles. The third-order valence-corrected chi connectivity index (χ3v) is 3.71. The molecule has 3 nitrogen and oxygen atoms in total. The van der Waals surface area contributed by atoms with Gasteiger partial charge in [-0.3, -0.25) is 4.79 Å². The van der Waals surface area contributed by atoms with Crippen LogP contribution < -0.4 is 10.2 Å². The summed E-state index contributed by atoms with van der Waals surface area (Å²) in [5.41, 5.74) is -0.470. The second-order valence-corrected chi connectivity index (χ2v) is 6.00. The van der Waals surface area contributed by atoms with Crippen molar-refractivity contribution in [2.75, 3.05) is 24.3 Å². The van der Waals surface area contributed by atoms with Crippen LogP contribution in [0.15, 0.2) is 46.9 Å². The van der Waals surface area contributed by atoms with Crippen molar-refractivity contribution in [2.24, 2.45) is 0 Å². The molecule has 0 aromatic heterocycles. The Morgan fingerprint density at radius 1 is 1.09 bits per heavy atom. The van der Waals surface area contributed by atoms with Gasteiger partial charge in [0.15, 0.2) is 0 Å². The number of benzene rings is 2. The van der Waals surface area contributed by atoms with Crippen molar-refractivity contribution in [3.63, 3.8) is 0 Å². The SMILES string of the molecule is CN(C)c1ccc(NC(=O)c2ccc(Br)cc2)c(C(F)(F)F)c1. The molecule has 2 rings (SSSR count). The molecule has 0 unspecified atom stereocenters. The molecule has 122 valence electrons. The van der Waals surface area contributed by atoms with Crippen LogP contribution in [0.4, 0.5) is 24.5 Å². The summed E-state index contributed by atoms with van der Waals surface area (Å²) in [6, 6.07) is 10.1. The van der Waals surface area contributed by atoms with E-state index in [2.05, 4.69) is 21.2 Å².